The number of hydrogen-bond donors (Lipinski definition) is 1. The third kappa shape index (κ3) is 3.49. The van der Waals surface area contributed by atoms with E-state index in [9.17, 15) is 14.9 Å². The lowest BCUT2D eigenvalue weighted by Crippen LogP contribution is -2.53. The van der Waals surface area contributed by atoms with Gasteiger partial charge in [-0.05, 0) is 12.5 Å². The number of nitro benzene ring substituents is 1. The normalized spacial score (nSPS) is 16.7. The first-order valence-electron chi connectivity index (χ1n) is 7.06. The van der Waals surface area contributed by atoms with Crippen LogP contribution < -0.4 is 10.6 Å². The summed E-state index contributed by atoms with van der Waals surface area (Å²) in [7, 11) is 0. The first kappa shape index (κ1) is 15.2. The van der Waals surface area contributed by atoms with Crippen LogP contribution in [-0.2, 0) is 4.79 Å². The summed E-state index contributed by atoms with van der Waals surface area (Å²) < 4.78 is 0. The molecule has 0 unspecified atom stereocenters. The van der Waals surface area contributed by atoms with Crippen molar-refractivity contribution in [1.82, 2.24) is 4.90 Å². The van der Waals surface area contributed by atoms with E-state index in [1.807, 2.05) is 17.9 Å². The van der Waals surface area contributed by atoms with Crippen LogP contribution in [0.15, 0.2) is 24.3 Å². The number of nitro groups is 1. The van der Waals surface area contributed by atoms with Crippen LogP contribution in [-0.4, -0.2) is 48.0 Å². The molecule has 0 aromatic heterocycles. The van der Waals surface area contributed by atoms with E-state index in [1.54, 1.807) is 17.0 Å². The highest BCUT2D eigenvalue weighted by Gasteiger charge is 2.24. The molecule has 1 aliphatic heterocycles. The Morgan fingerprint density at radius 1 is 1.38 bits per heavy atom. The van der Waals surface area contributed by atoms with Crippen molar-refractivity contribution in [3.05, 3.63) is 34.4 Å². The van der Waals surface area contributed by atoms with Gasteiger partial charge in [-0.15, -0.1) is 0 Å². The lowest BCUT2D eigenvalue weighted by Gasteiger charge is -2.37. The van der Waals surface area contributed by atoms with Crippen molar-refractivity contribution in [3.8, 4) is 0 Å². The van der Waals surface area contributed by atoms with E-state index in [1.165, 1.54) is 6.07 Å². The molecule has 0 bridgehead atoms. The third-order valence-corrected chi connectivity index (χ3v) is 3.75. The molecule has 0 saturated carbocycles. The van der Waals surface area contributed by atoms with Crippen LogP contribution in [0.5, 0.6) is 0 Å². The van der Waals surface area contributed by atoms with Gasteiger partial charge in [0.25, 0.3) is 5.69 Å². The zero-order valence-corrected chi connectivity index (χ0v) is 12.1. The molecule has 1 aromatic rings. The van der Waals surface area contributed by atoms with E-state index >= 15 is 0 Å². The second-order valence-electron chi connectivity index (χ2n) is 5.10. The Bertz CT molecular complexity index is 527. The second kappa shape index (κ2) is 6.53. The van der Waals surface area contributed by atoms with Gasteiger partial charge in [-0.2, -0.15) is 0 Å². The third-order valence-electron chi connectivity index (χ3n) is 3.75. The van der Waals surface area contributed by atoms with Gasteiger partial charge in [-0.1, -0.05) is 13.0 Å². The number of carbonyl (C=O) groups is 1. The fraction of sp³-hybridized carbons (Fsp3) is 0.500. The van der Waals surface area contributed by atoms with Crippen LogP contribution in [0.2, 0.25) is 0 Å². The number of amides is 1. The highest BCUT2D eigenvalue weighted by Crippen LogP contribution is 2.22. The van der Waals surface area contributed by atoms with Gasteiger partial charge in [0.15, 0.2) is 0 Å². The average Bonchev–Trinajstić information content (AvgIpc) is 2.53. The smallest absolute Gasteiger partial charge is 0.271 e. The number of rotatable bonds is 4. The molecule has 2 rings (SSSR count). The van der Waals surface area contributed by atoms with Crippen LogP contribution in [0.4, 0.5) is 11.4 Å². The summed E-state index contributed by atoms with van der Waals surface area (Å²) in [5.41, 5.74) is 6.66. The topological polar surface area (TPSA) is 92.7 Å². The molecule has 2 N–H and O–H groups in total. The average molecular weight is 292 g/mol. The van der Waals surface area contributed by atoms with Crippen molar-refractivity contribution in [2.75, 3.05) is 31.1 Å². The van der Waals surface area contributed by atoms with Gasteiger partial charge >= 0.3 is 0 Å². The lowest BCUT2D eigenvalue weighted by atomic mass is 10.2. The number of anilines is 1. The molecule has 1 fully saturated rings. The Morgan fingerprint density at radius 3 is 2.62 bits per heavy atom. The second-order valence-corrected chi connectivity index (χ2v) is 5.10. The van der Waals surface area contributed by atoms with Gasteiger partial charge in [0.2, 0.25) is 5.91 Å². The van der Waals surface area contributed by atoms with Gasteiger partial charge in [0.05, 0.1) is 11.0 Å². The molecule has 0 aliphatic carbocycles. The standard InChI is InChI=1S/C14H20N4O3/c1-2-13(15)14(19)17-8-6-16(7-9-17)11-4-3-5-12(10-11)18(20)21/h3-5,10,13H,2,6-9,15H2,1H3/t13-/m0/s1. The summed E-state index contributed by atoms with van der Waals surface area (Å²) in [4.78, 5) is 26.2. The minimum absolute atomic E-state index is 0.0174. The summed E-state index contributed by atoms with van der Waals surface area (Å²) in [6.45, 7) is 4.39. The van der Waals surface area contributed by atoms with Gasteiger partial charge in [-0.25, -0.2) is 0 Å². The Kier molecular flexibility index (Phi) is 4.74. The molecule has 1 atom stereocenters. The highest BCUT2D eigenvalue weighted by molar-refractivity contribution is 5.81. The van der Waals surface area contributed by atoms with E-state index in [2.05, 4.69) is 0 Å². The molecule has 1 amide bonds. The van der Waals surface area contributed by atoms with Crippen LogP contribution in [0, 0.1) is 10.1 Å². The molecule has 7 nitrogen and oxygen atoms in total. The molecule has 1 heterocycles. The zero-order chi connectivity index (χ0) is 15.4. The maximum absolute atomic E-state index is 12.0. The van der Waals surface area contributed by atoms with Crippen molar-refractivity contribution >= 4 is 17.3 Å². The molecule has 0 spiro atoms. The van der Waals surface area contributed by atoms with E-state index in [0.717, 1.165) is 5.69 Å². The lowest BCUT2D eigenvalue weighted by molar-refractivity contribution is -0.384. The molecule has 7 heteroatoms. The highest BCUT2D eigenvalue weighted by atomic mass is 16.6. The summed E-state index contributed by atoms with van der Waals surface area (Å²) >= 11 is 0. The van der Waals surface area contributed by atoms with Crippen molar-refractivity contribution in [2.45, 2.75) is 19.4 Å². The number of benzene rings is 1. The fourth-order valence-corrected chi connectivity index (χ4v) is 2.40. The van der Waals surface area contributed by atoms with Crippen LogP contribution in [0.1, 0.15) is 13.3 Å². The monoisotopic (exact) mass is 292 g/mol. The minimum Gasteiger partial charge on any atom is -0.368 e. The molecule has 21 heavy (non-hydrogen) atoms. The van der Waals surface area contributed by atoms with Crippen LogP contribution in [0.25, 0.3) is 0 Å². The Morgan fingerprint density at radius 2 is 2.05 bits per heavy atom. The summed E-state index contributed by atoms with van der Waals surface area (Å²) in [6.07, 6.45) is 0.629. The Hall–Kier alpha value is -2.15. The molecule has 1 aliphatic rings. The van der Waals surface area contributed by atoms with Crippen molar-refractivity contribution in [1.29, 1.82) is 0 Å². The maximum atomic E-state index is 12.0. The molecule has 1 saturated heterocycles. The number of nitrogens with two attached hydrogens (primary N) is 1. The van der Waals surface area contributed by atoms with Crippen LogP contribution >= 0.6 is 0 Å². The van der Waals surface area contributed by atoms with Crippen molar-refractivity contribution < 1.29 is 9.72 Å². The van der Waals surface area contributed by atoms with E-state index in [0.29, 0.717) is 32.6 Å². The molecule has 0 radical (unpaired) electrons. The number of carbonyl (C=O) groups excluding carboxylic acids is 1. The zero-order valence-electron chi connectivity index (χ0n) is 12.1. The number of non-ortho nitro benzene ring substituents is 1. The van der Waals surface area contributed by atoms with Crippen LogP contribution in [0.3, 0.4) is 0 Å². The van der Waals surface area contributed by atoms with Crippen molar-refractivity contribution in [2.24, 2.45) is 5.73 Å². The molecule has 1 aromatic carbocycles. The van der Waals surface area contributed by atoms with E-state index in [4.69, 9.17) is 5.73 Å². The van der Waals surface area contributed by atoms with E-state index in [-0.39, 0.29) is 11.6 Å². The van der Waals surface area contributed by atoms with Gasteiger partial charge < -0.3 is 15.5 Å². The number of piperazine rings is 1. The SMILES string of the molecule is CC[C@H](N)C(=O)N1CCN(c2cccc([N+](=O)[O-])c2)CC1. The van der Waals surface area contributed by atoms with Gasteiger partial charge in [-0.3, -0.25) is 14.9 Å². The summed E-state index contributed by atoms with van der Waals surface area (Å²) in [5.74, 6) is -0.0174. The van der Waals surface area contributed by atoms with E-state index < -0.39 is 11.0 Å². The van der Waals surface area contributed by atoms with Gasteiger partial charge in [0, 0.05) is 44.0 Å². The fourth-order valence-electron chi connectivity index (χ4n) is 2.40. The van der Waals surface area contributed by atoms with Crippen molar-refractivity contribution in [3.63, 3.8) is 0 Å². The quantitative estimate of drug-likeness (QED) is 0.659. The largest absolute Gasteiger partial charge is 0.368 e. The predicted molar refractivity (Wildman–Crippen MR) is 80.2 cm³/mol. The summed E-state index contributed by atoms with van der Waals surface area (Å²) in [5, 5.41) is 10.8. The number of hydrogen-bond acceptors (Lipinski definition) is 5. The first-order chi connectivity index (χ1) is 10.0. The minimum atomic E-state index is -0.436. The molecular formula is C14H20N4O3. The maximum Gasteiger partial charge on any atom is 0.271 e. The Balaban J connectivity index is 1.99. The van der Waals surface area contributed by atoms with Gasteiger partial charge in [0.1, 0.15) is 0 Å². The number of nitrogens with zero attached hydrogens (tertiary/aromatic N) is 3. The first-order valence-corrected chi connectivity index (χ1v) is 7.06. The Labute approximate surface area is 123 Å². The molecular weight excluding hydrogens is 272 g/mol. The molecule has 114 valence electrons. The summed E-state index contributed by atoms with van der Waals surface area (Å²) in [6, 6.07) is 6.13. The predicted octanol–water partition coefficient (Wildman–Crippen LogP) is 0.981.